The fourth-order valence-corrected chi connectivity index (χ4v) is 11.2. The first-order valence-corrected chi connectivity index (χ1v) is 16.0. The third-order valence-corrected chi connectivity index (χ3v) is 13.9. The van der Waals surface area contributed by atoms with Gasteiger partial charge >= 0.3 is 5.97 Å². The van der Waals surface area contributed by atoms with Crippen LogP contribution in [0.5, 0.6) is 0 Å². The van der Waals surface area contributed by atoms with Gasteiger partial charge in [-0.2, -0.15) is 0 Å². The van der Waals surface area contributed by atoms with Gasteiger partial charge in [0, 0.05) is 22.6 Å². The molecule has 0 aromatic heterocycles. The Hall–Kier alpha value is -1.84. The van der Waals surface area contributed by atoms with Crippen LogP contribution in [0.15, 0.2) is 35.1 Å². The van der Waals surface area contributed by atoms with Crippen LogP contribution in [0.25, 0.3) is 0 Å². The molecule has 0 bridgehead atoms. The normalized spacial score (nSPS) is 48.2. The molecule has 4 fully saturated rings. The van der Waals surface area contributed by atoms with Crippen molar-refractivity contribution in [1.29, 1.82) is 0 Å². The SMILES string of the molecule is CC1=CC(O/C=C2\C[C@]3(C)[C@H]4CC=C5[C@@H]6CC(C)(C)CC[C@]6(C)CC[C@@]5(C)[C@]4(C)CC[C@H]3C(C)(C)C2=O)OC1=O. The van der Waals surface area contributed by atoms with Gasteiger partial charge in [0.25, 0.3) is 6.29 Å². The number of rotatable bonds is 2. The van der Waals surface area contributed by atoms with Gasteiger partial charge in [-0.1, -0.05) is 67.0 Å². The number of fused-ring (bicyclic) bond motifs is 7. The topological polar surface area (TPSA) is 52.6 Å². The van der Waals surface area contributed by atoms with Gasteiger partial charge in [0.15, 0.2) is 5.78 Å². The van der Waals surface area contributed by atoms with E-state index >= 15 is 0 Å². The minimum Gasteiger partial charge on any atom is -0.458 e. The molecule has 0 N–H and O–H groups in total. The molecule has 0 saturated heterocycles. The molecule has 1 aliphatic heterocycles. The molecule has 1 unspecified atom stereocenters. The van der Waals surface area contributed by atoms with Gasteiger partial charge in [0.2, 0.25) is 0 Å². The lowest BCUT2D eigenvalue weighted by Crippen LogP contribution is -2.64. The molecule has 220 valence electrons. The van der Waals surface area contributed by atoms with Gasteiger partial charge in [-0.15, -0.1) is 0 Å². The van der Waals surface area contributed by atoms with E-state index in [9.17, 15) is 9.59 Å². The molecule has 0 aromatic carbocycles. The van der Waals surface area contributed by atoms with Gasteiger partial charge in [-0.05, 0) is 110 Å². The van der Waals surface area contributed by atoms with Crippen molar-refractivity contribution in [3.63, 3.8) is 0 Å². The number of cyclic esters (lactones) is 1. The number of carbonyl (C=O) groups is 2. The zero-order valence-electron chi connectivity index (χ0n) is 26.5. The lowest BCUT2D eigenvalue weighted by molar-refractivity contribution is -0.177. The van der Waals surface area contributed by atoms with Crippen LogP contribution < -0.4 is 0 Å². The highest BCUT2D eigenvalue weighted by atomic mass is 16.7. The quantitative estimate of drug-likeness (QED) is 0.150. The van der Waals surface area contributed by atoms with Crippen LogP contribution in [-0.2, 0) is 19.1 Å². The first kappa shape index (κ1) is 28.3. The summed E-state index contributed by atoms with van der Waals surface area (Å²) < 4.78 is 11.2. The number of hydrogen-bond donors (Lipinski definition) is 0. The summed E-state index contributed by atoms with van der Waals surface area (Å²) in [6.07, 6.45) is 16.1. The highest BCUT2D eigenvalue weighted by Gasteiger charge is 2.68. The van der Waals surface area contributed by atoms with Crippen LogP contribution in [0.3, 0.4) is 0 Å². The van der Waals surface area contributed by atoms with E-state index in [4.69, 9.17) is 9.47 Å². The van der Waals surface area contributed by atoms with E-state index in [-0.39, 0.29) is 28.0 Å². The molecule has 40 heavy (non-hydrogen) atoms. The van der Waals surface area contributed by atoms with Crippen molar-refractivity contribution in [2.24, 2.45) is 50.2 Å². The maximum Gasteiger partial charge on any atom is 0.336 e. The van der Waals surface area contributed by atoms with Crippen molar-refractivity contribution >= 4 is 11.8 Å². The van der Waals surface area contributed by atoms with E-state index in [2.05, 4.69) is 61.5 Å². The summed E-state index contributed by atoms with van der Waals surface area (Å²) >= 11 is 0. The molecular weight excluding hydrogens is 496 g/mol. The molecule has 4 heteroatoms. The summed E-state index contributed by atoms with van der Waals surface area (Å²) in [5, 5.41) is 0. The number of Topliss-reactive ketones (excluding diaryl/α,β-unsaturated/α-hetero) is 1. The molecule has 6 aliphatic rings. The molecule has 4 nitrogen and oxygen atoms in total. The second kappa shape index (κ2) is 8.60. The van der Waals surface area contributed by atoms with Crippen LogP contribution in [0.1, 0.15) is 120 Å². The van der Waals surface area contributed by atoms with Crippen molar-refractivity contribution in [2.75, 3.05) is 0 Å². The number of allylic oxidation sites excluding steroid dienone is 3. The van der Waals surface area contributed by atoms with Crippen LogP contribution in [0.4, 0.5) is 0 Å². The molecule has 0 spiro atoms. The van der Waals surface area contributed by atoms with E-state index in [0.717, 1.165) is 24.8 Å². The van der Waals surface area contributed by atoms with Gasteiger partial charge in [0.1, 0.15) is 0 Å². The number of ether oxygens (including phenoxy) is 2. The van der Waals surface area contributed by atoms with Crippen molar-refractivity contribution < 1.29 is 19.1 Å². The van der Waals surface area contributed by atoms with Crippen molar-refractivity contribution in [1.82, 2.24) is 0 Å². The minimum atomic E-state index is -0.742. The fraction of sp³-hybridized carbons (Fsp3) is 0.778. The van der Waals surface area contributed by atoms with Crippen LogP contribution in [-0.4, -0.2) is 18.0 Å². The zero-order chi connectivity index (χ0) is 29.1. The van der Waals surface area contributed by atoms with E-state index in [1.807, 2.05) is 0 Å². The Morgan fingerprint density at radius 2 is 1.62 bits per heavy atom. The Morgan fingerprint density at radius 1 is 0.925 bits per heavy atom. The number of hydrogen-bond acceptors (Lipinski definition) is 4. The molecule has 5 aliphatic carbocycles. The lowest BCUT2D eigenvalue weighted by Gasteiger charge is -2.70. The minimum absolute atomic E-state index is 0.00463. The summed E-state index contributed by atoms with van der Waals surface area (Å²) in [5.41, 5.74) is 3.89. The Kier molecular flexibility index (Phi) is 6.08. The van der Waals surface area contributed by atoms with Crippen LogP contribution in [0.2, 0.25) is 0 Å². The van der Waals surface area contributed by atoms with Gasteiger partial charge < -0.3 is 9.47 Å². The largest absolute Gasteiger partial charge is 0.458 e. The monoisotopic (exact) mass is 548 g/mol. The van der Waals surface area contributed by atoms with Crippen molar-refractivity contribution in [3.05, 3.63) is 35.1 Å². The molecule has 6 rings (SSSR count). The summed E-state index contributed by atoms with van der Waals surface area (Å²) in [7, 11) is 0. The van der Waals surface area contributed by atoms with Gasteiger partial charge in [0.05, 0.1) is 6.26 Å². The molecule has 0 radical (unpaired) electrons. The van der Waals surface area contributed by atoms with Gasteiger partial charge in [-0.25, -0.2) is 4.79 Å². The average Bonchev–Trinajstić information content (AvgIpc) is 3.19. The van der Waals surface area contributed by atoms with E-state index in [1.165, 1.54) is 38.5 Å². The van der Waals surface area contributed by atoms with Crippen LogP contribution in [0, 0.1) is 50.2 Å². The molecule has 4 saturated carbocycles. The first-order chi connectivity index (χ1) is 18.5. The molecule has 1 heterocycles. The number of esters is 1. The summed E-state index contributed by atoms with van der Waals surface area (Å²) in [6.45, 7) is 21.3. The highest BCUT2D eigenvalue weighted by Crippen LogP contribution is 2.75. The van der Waals surface area contributed by atoms with E-state index in [0.29, 0.717) is 34.2 Å². The van der Waals surface area contributed by atoms with Crippen LogP contribution >= 0.6 is 0 Å². The van der Waals surface area contributed by atoms with Crippen molar-refractivity contribution in [3.8, 4) is 0 Å². The molecular formula is C36H52O4. The van der Waals surface area contributed by atoms with E-state index < -0.39 is 11.7 Å². The van der Waals surface area contributed by atoms with E-state index in [1.54, 1.807) is 24.8 Å². The number of carbonyl (C=O) groups excluding carboxylic acids is 2. The summed E-state index contributed by atoms with van der Waals surface area (Å²) in [6, 6.07) is 0. The summed E-state index contributed by atoms with van der Waals surface area (Å²) in [4.78, 5) is 25.7. The zero-order valence-corrected chi connectivity index (χ0v) is 26.5. The third-order valence-electron chi connectivity index (χ3n) is 13.9. The summed E-state index contributed by atoms with van der Waals surface area (Å²) in [5.74, 6) is 1.39. The molecule has 0 amide bonds. The van der Waals surface area contributed by atoms with Crippen molar-refractivity contribution in [2.45, 2.75) is 126 Å². The molecule has 8 atom stereocenters. The standard InChI is InChI=1S/C36H52O4/c1-22-18-28(40-30(22)38)39-21-23-19-34(7)26(32(4,5)29(23)37)12-13-36(9)27(34)11-10-24-25-20-31(2,3)14-15-33(25,6)16-17-35(24,36)8/h10,18,21,25-28H,11-17,19-20H2,1-9H3/b23-21+/t25-,26-,27+,28?,33+,34-,35+,36+/m0/s1. The van der Waals surface area contributed by atoms with Gasteiger partial charge in [-0.3, -0.25) is 4.79 Å². The predicted octanol–water partition coefficient (Wildman–Crippen LogP) is 8.72. The Labute approximate surface area is 242 Å². The second-order valence-corrected chi connectivity index (χ2v) is 17.0. The fourth-order valence-electron chi connectivity index (χ4n) is 11.2. The second-order valence-electron chi connectivity index (χ2n) is 17.0. The smallest absolute Gasteiger partial charge is 0.336 e. The number of ketones is 1. The maximum atomic E-state index is 13.9. The highest BCUT2D eigenvalue weighted by molar-refractivity contribution is 6.00. The average molecular weight is 549 g/mol. The third kappa shape index (κ3) is 3.75. The predicted molar refractivity (Wildman–Crippen MR) is 158 cm³/mol. The molecule has 0 aromatic rings. The Morgan fingerprint density at radius 3 is 2.30 bits per heavy atom. The Balaban J connectivity index is 1.37. The first-order valence-electron chi connectivity index (χ1n) is 16.0. The Bertz CT molecular complexity index is 1230. The lowest BCUT2D eigenvalue weighted by atomic mass is 9.33. The maximum absolute atomic E-state index is 13.9.